The second kappa shape index (κ2) is 7.93. The van der Waals surface area contributed by atoms with Crippen molar-refractivity contribution >= 4 is 33.7 Å². The first-order valence-electron chi connectivity index (χ1n) is 9.68. The third-order valence-corrected chi connectivity index (χ3v) is 5.87. The Morgan fingerprint density at radius 2 is 1.50 bits per heavy atom. The van der Waals surface area contributed by atoms with E-state index in [1.807, 2.05) is 90.3 Å². The Bertz CT molecular complexity index is 1340. The van der Waals surface area contributed by atoms with Gasteiger partial charge in [0.15, 0.2) is 0 Å². The van der Waals surface area contributed by atoms with Crippen LogP contribution < -0.4 is 5.32 Å². The number of hydrogen-bond acceptors (Lipinski definition) is 3. The van der Waals surface area contributed by atoms with Gasteiger partial charge in [-0.25, -0.2) is 4.98 Å². The largest absolute Gasteiger partial charge is 0.322 e. The van der Waals surface area contributed by atoms with Crippen LogP contribution in [-0.2, 0) is 0 Å². The summed E-state index contributed by atoms with van der Waals surface area (Å²) in [6, 6.07) is 31.7. The molecule has 5 aromatic rings. The van der Waals surface area contributed by atoms with E-state index in [1.165, 1.54) is 0 Å². The van der Waals surface area contributed by atoms with Gasteiger partial charge in [0.05, 0.1) is 5.69 Å². The van der Waals surface area contributed by atoms with Gasteiger partial charge in [-0.05, 0) is 29.0 Å². The normalized spacial score (nSPS) is 10.8. The van der Waals surface area contributed by atoms with Crippen LogP contribution in [0.3, 0.4) is 0 Å². The van der Waals surface area contributed by atoms with E-state index >= 15 is 0 Å². The number of hydrogen-bond donors (Lipinski definition) is 1. The number of carbonyl (C=O) groups excluding carboxylic acids is 1. The van der Waals surface area contributed by atoms with Crippen molar-refractivity contribution in [3.05, 3.63) is 108 Å². The number of carbonyl (C=O) groups is 1. The minimum atomic E-state index is -0.118. The van der Waals surface area contributed by atoms with Gasteiger partial charge in [0.25, 0.3) is 5.91 Å². The van der Waals surface area contributed by atoms with Crippen LogP contribution >= 0.6 is 11.3 Å². The summed E-state index contributed by atoms with van der Waals surface area (Å²) in [7, 11) is 0. The average molecular weight is 407 g/mol. The number of benzene rings is 4. The lowest BCUT2D eigenvalue weighted by atomic mass is 10.0. The fourth-order valence-corrected chi connectivity index (χ4v) is 4.33. The summed E-state index contributed by atoms with van der Waals surface area (Å²) < 4.78 is 0. The van der Waals surface area contributed by atoms with Crippen molar-refractivity contribution in [2.75, 3.05) is 5.32 Å². The van der Waals surface area contributed by atoms with Crippen LogP contribution in [0.5, 0.6) is 0 Å². The molecule has 30 heavy (non-hydrogen) atoms. The van der Waals surface area contributed by atoms with E-state index in [9.17, 15) is 4.79 Å². The molecule has 1 N–H and O–H groups in total. The third-order valence-electron chi connectivity index (χ3n) is 4.98. The van der Waals surface area contributed by atoms with Crippen LogP contribution in [0, 0.1) is 0 Å². The molecule has 0 spiro atoms. The van der Waals surface area contributed by atoms with Gasteiger partial charge in [-0.1, -0.05) is 78.9 Å². The minimum Gasteiger partial charge on any atom is -0.322 e. The number of nitrogens with zero attached hydrogens (tertiary/aromatic N) is 1. The molecule has 0 fully saturated rings. The van der Waals surface area contributed by atoms with Crippen LogP contribution in [0.1, 0.15) is 10.4 Å². The van der Waals surface area contributed by atoms with E-state index in [0.29, 0.717) is 5.56 Å². The van der Waals surface area contributed by atoms with Crippen molar-refractivity contribution < 1.29 is 4.79 Å². The van der Waals surface area contributed by atoms with Gasteiger partial charge in [0.1, 0.15) is 5.01 Å². The van der Waals surface area contributed by atoms with Gasteiger partial charge in [-0.3, -0.25) is 4.79 Å². The monoisotopic (exact) mass is 406 g/mol. The third kappa shape index (κ3) is 3.61. The minimum absolute atomic E-state index is 0.118. The van der Waals surface area contributed by atoms with Crippen molar-refractivity contribution in [1.29, 1.82) is 0 Å². The molecule has 144 valence electrons. The smallest absolute Gasteiger partial charge is 0.256 e. The molecule has 0 aliphatic heterocycles. The fourth-order valence-electron chi connectivity index (χ4n) is 3.50. The second-order valence-corrected chi connectivity index (χ2v) is 7.82. The van der Waals surface area contributed by atoms with Crippen molar-refractivity contribution in [3.8, 4) is 21.8 Å². The first-order valence-corrected chi connectivity index (χ1v) is 10.6. The molecule has 0 radical (unpaired) electrons. The van der Waals surface area contributed by atoms with Crippen molar-refractivity contribution in [2.45, 2.75) is 0 Å². The Morgan fingerprint density at radius 1 is 0.767 bits per heavy atom. The quantitative estimate of drug-likeness (QED) is 0.353. The maximum absolute atomic E-state index is 12.9. The zero-order chi connectivity index (χ0) is 20.3. The van der Waals surface area contributed by atoms with Gasteiger partial charge in [-0.2, -0.15) is 0 Å². The zero-order valence-electron chi connectivity index (χ0n) is 16.1. The van der Waals surface area contributed by atoms with Gasteiger partial charge < -0.3 is 5.32 Å². The van der Waals surface area contributed by atoms with Gasteiger partial charge in [-0.15, -0.1) is 11.3 Å². The number of thiazole rings is 1. The van der Waals surface area contributed by atoms with Gasteiger partial charge in [0, 0.05) is 27.8 Å². The maximum Gasteiger partial charge on any atom is 0.256 e. The van der Waals surface area contributed by atoms with Crippen LogP contribution in [-0.4, -0.2) is 10.9 Å². The Kier molecular flexibility index (Phi) is 4.83. The topological polar surface area (TPSA) is 42.0 Å². The van der Waals surface area contributed by atoms with E-state index in [4.69, 9.17) is 4.98 Å². The summed E-state index contributed by atoms with van der Waals surface area (Å²) in [5, 5.41) is 8.06. The van der Waals surface area contributed by atoms with Gasteiger partial charge >= 0.3 is 0 Å². The number of aromatic nitrogens is 1. The first kappa shape index (κ1) is 18.3. The van der Waals surface area contributed by atoms with Crippen LogP contribution in [0.4, 0.5) is 5.69 Å². The van der Waals surface area contributed by atoms with E-state index in [0.717, 1.165) is 38.3 Å². The van der Waals surface area contributed by atoms with E-state index in [-0.39, 0.29) is 5.91 Å². The SMILES string of the molecule is O=C(Nc1cccc(-c2csc(-c3ccccc3)n2)c1)c1cccc2ccccc12. The van der Waals surface area contributed by atoms with Crippen molar-refractivity contribution in [1.82, 2.24) is 4.98 Å². The fraction of sp³-hybridized carbons (Fsp3) is 0. The molecule has 0 bridgehead atoms. The molecular weight excluding hydrogens is 388 g/mol. The summed E-state index contributed by atoms with van der Waals surface area (Å²) in [6.07, 6.45) is 0. The average Bonchev–Trinajstić information content (AvgIpc) is 3.30. The second-order valence-electron chi connectivity index (χ2n) is 6.97. The lowest BCUT2D eigenvalue weighted by Crippen LogP contribution is -2.12. The van der Waals surface area contributed by atoms with E-state index in [1.54, 1.807) is 11.3 Å². The number of anilines is 1. The number of rotatable bonds is 4. The van der Waals surface area contributed by atoms with Crippen LogP contribution in [0.15, 0.2) is 102 Å². The first-order chi connectivity index (χ1) is 14.8. The predicted molar refractivity (Wildman–Crippen MR) is 125 cm³/mol. The predicted octanol–water partition coefficient (Wildman–Crippen LogP) is 6.88. The van der Waals surface area contributed by atoms with Crippen LogP contribution in [0.2, 0.25) is 0 Å². The summed E-state index contributed by atoms with van der Waals surface area (Å²) >= 11 is 1.62. The lowest BCUT2D eigenvalue weighted by Gasteiger charge is -2.09. The zero-order valence-corrected chi connectivity index (χ0v) is 16.9. The summed E-state index contributed by atoms with van der Waals surface area (Å²) in [4.78, 5) is 17.7. The summed E-state index contributed by atoms with van der Waals surface area (Å²) in [5.41, 5.74) is 4.40. The highest BCUT2D eigenvalue weighted by atomic mass is 32.1. The molecule has 1 heterocycles. The molecule has 1 amide bonds. The molecule has 1 aromatic heterocycles. The number of fused-ring (bicyclic) bond motifs is 1. The number of amides is 1. The molecular formula is C26H18N2OS. The molecule has 0 atom stereocenters. The van der Waals surface area contributed by atoms with Gasteiger partial charge in [0.2, 0.25) is 0 Å². The molecule has 3 nitrogen and oxygen atoms in total. The molecule has 0 saturated heterocycles. The summed E-state index contributed by atoms with van der Waals surface area (Å²) in [6.45, 7) is 0. The highest BCUT2D eigenvalue weighted by Crippen LogP contribution is 2.30. The Hall–Kier alpha value is -3.76. The Balaban J connectivity index is 1.42. The number of nitrogens with one attached hydrogen (secondary N) is 1. The Labute approximate surface area is 178 Å². The van der Waals surface area contributed by atoms with E-state index in [2.05, 4.69) is 17.4 Å². The molecule has 4 heteroatoms. The van der Waals surface area contributed by atoms with E-state index < -0.39 is 0 Å². The van der Waals surface area contributed by atoms with Crippen molar-refractivity contribution in [3.63, 3.8) is 0 Å². The van der Waals surface area contributed by atoms with Crippen LogP contribution in [0.25, 0.3) is 32.6 Å². The molecule has 0 unspecified atom stereocenters. The summed E-state index contributed by atoms with van der Waals surface area (Å²) in [5.74, 6) is -0.118. The maximum atomic E-state index is 12.9. The lowest BCUT2D eigenvalue weighted by molar-refractivity contribution is 0.102. The molecule has 4 aromatic carbocycles. The standard InChI is InChI=1S/C26H18N2OS/c29-25(23-15-7-11-18-8-4-5-14-22(18)23)27-21-13-6-12-20(16-21)24-17-30-26(28-24)19-9-2-1-3-10-19/h1-17H,(H,27,29). The molecule has 5 rings (SSSR count). The highest BCUT2D eigenvalue weighted by Gasteiger charge is 2.11. The highest BCUT2D eigenvalue weighted by molar-refractivity contribution is 7.13. The molecule has 0 aliphatic rings. The molecule has 0 saturated carbocycles. The molecule has 0 aliphatic carbocycles. The van der Waals surface area contributed by atoms with Crippen molar-refractivity contribution in [2.24, 2.45) is 0 Å². The Morgan fingerprint density at radius 3 is 2.40 bits per heavy atom.